The molecular weight excluding hydrogens is 224 g/mol. The molecule has 0 aliphatic rings. The summed E-state index contributed by atoms with van der Waals surface area (Å²) in [4.78, 5) is 0. The Labute approximate surface area is 115 Å². The average Bonchev–Trinajstić information content (AvgIpc) is 2.34. The van der Waals surface area contributed by atoms with Gasteiger partial charge in [-0.05, 0) is 24.7 Å². The highest BCUT2D eigenvalue weighted by Gasteiger charge is 2.22. The van der Waals surface area contributed by atoms with Gasteiger partial charge in [0.1, 0.15) is 0 Å². The Bertz CT molecular complexity index is 156. The van der Waals surface area contributed by atoms with Crippen molar-refractivity contribution in [3.63, 3.8) is 0 Å². The van der Waals surface area contributed by atoms with Gasteiger partial charge in [-0.25, -0.2) is 0 Å². The van der Waals surface area contributed by atoms with Crippen LogP contribution in [-0.2, 0) is 0 Å². The van der Waals surface area contributed by atoms with E-state index in [1.54, 1.807) is 0 Å². The minimum absolute atomic E-state index is 0.614. The molecule has 0 rings (SSSR count). The summed E-state index contributed by atoms with van der Waals surface area (Å²) < 4.78 is 0. The SMILES string of the molecule is CCCCCC(C)C(CCCCC)C(S)CC. The third kappa shape index (κ3) is 8.13. The molecule has 0 N–H and O–H groups in total. The maximum atomic E-state index is 4.81. The molecule has 0 radical (unpaired) electrons. The zero-order valence-electron chi connectivity index (χ0n) is 12.5. The van der Waals surface area contributed by atoms with Gasteiger partial charge in [0.2, 0.25) is 0 Å². The third-order valence-corrected chi connectivity index (χ3v) is 4.80. The fourth-order valence-electron chi connectivity index (χ4n) is 2.72. The van der Waals surface area contributed by atoms with Crippen LogP contribution in [0.5, 0.6) is 0 Å². The van der Waals surface area contributed by atoms with Crippen molar-refractivity contribution in [2.75, 3.05) is 0 Å². The summed E-state index contributed by atoms with van der Waals surface area (Å²) in [5.41, 5.74) is 0. The molecule has 104 valence electrons. The lowest BCUT2D eigenvalue weighted by Crippen LogP contribution is -2.22. The van der Waals surface area contributed by atoms with Crippen LogP contribution in [0.2, 0.25) is 0 Å². The average molecular weight is 259 g/mol. The molecule has 0 fully saturated rings. The van der Waals surface area contributed by atoms with Crippen molar-refractivity contribution in [2.24, 2.45) is 11.8 Å². The summed E-state index contributed by atoms with van der Waals surface area (Å²) in [5, 5.41) is 0.614. The van der Waals surface area contributed by atoms with Gasteiger partial charge in [0.25, 0.3) is 0 Å². The largest absolute Gasteiger partial charge is 0.176 e. The van der Waals surface area contributed by atoms with Crippen molar-refractivity contribution in [3.8, 4) is 0 Å². The van der Waals surface area contributed by atoms with E-state index in [1.165, 1.54) is 57.8 Å². The number of hydrogen-bond donors (Lipinski definition) is 1. The Morgan fingerprint density at radius 3 is 1.82 bits per heavy atom. The highest BCUT2D eigenvalue weighted by atomic mass is 32.1. The van der Waals surface area contributed by atoms with Crippen LogP contribution in [0.1, 0.15) is 85.5 Å². The Balaban J connectivity index is 4.05. The second kappa shape index (κ2) is 11.4. The van der Waals surface area contributed by atoms with E-state index in [0.29, 0.717) is 5.25 Å². The second-order valence-electron chi connectivity index (χ2n) is 5.61. The molecule has 3 unspecified atom stereocenters. The number of hydrogen-bond acceptors (Lipinski definition) is 1. The summed E-state index contributed by atoms with van der Waals surface area (Å²) >= 11 is 4.81. The molecule has 17 heavy (non-hydrogen) atoms. The van der Waals surface area contributed by atoms with Gasteiger partial charge in [-0.1, -0.05) is 72.6 Å². The van der Waals surface area contributed by atoms with Crippen molar-refractivity contribution in [1.29, 1.82) is 0 Å². The molecule has 0 aromatic rings. The standard InChI is InChI=1S/C16H34S/c1-5-8-10-12-14(4)15(16(17)7-3)13-11-9-6-2/h14-17H,5-13H2,1-4H3. The molecular formula is C16H34S. The first-order chi connectivity index (χ1) is 8.17. The smallest absolute Gasteiger partial charge is 0.00450 e. The molecule has 0 nitrogen and oxygen atoms in total. The van der Waals surface area contributed by atoms with Crippen LogP contribution >= 0.6 is 12.6 Å². The van der Waals surface area contributed by atoms with E-state index in [0.717, 1.165) is 11.8 Å². The van der Waals surface area contributed by atoms with E-state index in [-0.39, 0.29) is 0 Å². The highest BCUT2D eigenvalue weighted by molar-refractivity contribution is 7.81. The van der Waals surface area contributed by atoms with Crippen LogP contribution in [0.15, 0.2) is 0 Å². The Hall–Kier alpha value is 0.350. The zero-order valence-corrected chi connectivity index (χ0v) is 13.4. The lowest BCUT2D eigenvalue weighted by Gasteiger charge is -2.28. The van der Waals surface area contributed by atoms with Crippen LogP contribution in [0.3, 0.4) is 0 Å². The molecule has 0 spiro atoms. The molecule has 3 atom stereocenters. The van der Waals surface area contributed by atoms with Crippen molar-refractivity contribution in [2.45, 2.75) is 90.7 Å². The van der Waals surface area contributed by atoms with Crippen LogP contribution in [0.4, 0.5) is 0 Å². The molecule has 0 aliphatic heterocycles. The van der Waals surface area contributed by atoms with Gasteiger partial charge in [0, 0.05) is 5.25 Å². The molecule has 0 aromatic heterocycles. The monoisotopic (exact) mass is 258 g/mol. The maximum Gasteiger partial charge on any atom is 0.00450 e. The highest BCUT2D eigenvalue weighted by Crippen LogP contribution is 2.31. The predicted octanol–water partition coefficient (Wildman–Crippen LogP) is 6.11. The Morgan fingerprint density at radius 2 is 1.35 bits per heavy atom. The van der Waals surface area contributed by atoms with Crippen LogP contribution < -0.4 is 0 Å². The minimum atomic E-state index is 0.614. The van der Waals surface area contributed by atoms with Gasteiger partial charge in [0.05, 0.1) is 0 Å². The lowest BCUT2D eigenvalue weighted by atomic mass is 9.82. The van der Waals surface area contributed by atoms with E-state index < -0.39 is 0 Å². The predicted molar refractivity (Wildman–Crippen MR) is 84.0 cm³/mol. The van der Waals surface area contributed by atoms with Crippen molar-refractivity contribution < 1.29 is 0 Å². The van der Waals surface area contributed by atoms with E-state index in [9.17, 15) is 0 Å². The molecule has 0 saturated heterocycles. The van der Waals surface area contributed by atoms with Gasteiger partial charge >= 0.3 is 0 Å². The fourth-order valence-corrected chi connectivity index (χ4v) is 3.16. The topological polar surface area (TPSA) is 0 Å². The number of rotatable bonds is 11. The Morgan fingerprint density at radius 1 is 0.824 bits per heavy atom. The first-order valence-electron chi connectivity index (χ1n) is 7.85. The molecule has 0 saturated carbocycles. The maximum absolute atomic E-state index is 4.81. The van der Waals surface area contributed by atoms with Crippen LogP contribution in [-0.4, -0.2) is 5.25 Å². The van der Waals surface area contributed by atoms with E-state index in [4.69, 9.17) is 12.6 Å². The van der Waals surface area contributed by atoms with Gasteiger partial charge in [-0.3, -0.25) is 0 Å². The normalized spacial score (nSPS) is 16.8. The molecule has 0 heterocycles. The van der Waals surface area contributed by atoms with E-state index in [1.807, 2.05) is 0 Å². The van der Waals surface area contributed by atoms with Gasteiger partial charge in [-0.15, -0.1) is 0 Å². The van der Waals surface area contributed by atoms with Gasteiger partial charge in [0.15, 0.2) is 0 Å². The lowest BCUT2D eigenvalue weighted by molar-refractivity contribution is 0.290. The van der Waals surface area contributed by atoms with Crippen molar-refractivity contribution >= 4 is 12.6 Å². The summed E-state index contributed by atoms with van der Waals surface area (Å²) in [6, 6.07) is 0. The fraction of sp³-hybridized carbons (Fsp3) is 1.00. The summed E-state index contributed by atoms with van der Waals surface area (Å²) in [5.74, 6) is 1.70. The Kier molecular flexibility index (Phi) is 11.7. The van der Waals surface area contributed by atoms with E-state index in [2.05, 4.69) is 27.7 Å². The molecule has 0 aromatic carbocycles. The van der Waals surface area contributed by atoms with Crippen LogP contribution in [0.25, 0.3) is 0 Å². The number of unbranched alkanes of at least 4 members (excludes halogenated alkanes) is 4. The van der Waals surface area contributed by atoms with Gasteiger partial charge < -0.3 is 0 Å². The molecule has 0 aliphatic carbocycles. The third-order valence-electron chi connectivity index (χ3n) is 4.05. The summed E-state index contributed by atoms with van der Waals surface area (Å²) in [6.07, 6.45) is 12.3. The number of thiol groups is 1. The first-order valence-corrected chi connectivity index (χ1v) is 8.36. The van der Waals surface area contributed by atoms with Crippen LogP contribution in [0, 0.1) is 11.8 Å². The summed E-state index contributed by atoms with van der Waals surface area (Å²) in [7, 11) is 0. The second-order valence-corrected chi connectivity index (χ2v) is 6.27. The minimum Gasteiger partial charge on any atom is -0.176 e. The summed E-state index contributed by atoms with van der Waals surface area (Å²) in [6.45, 7) is 9.31. The quantitative estimate of drug-likeness (QED) is 0.335. The van der Waals surface area contributed by atoms with Crippen molar-refractivity contribution in [1.82, 2.24) is 0 Å². The van der Waals surface area contributed by atoms with Crippen molar-refractivity contribution in [3.05, 3.63) is 0 Å². The zero-order chi connectivity index (χ0) is 13.1. The molecule has 0 bridgehead atoms. The van der Waals surface area contributed by atoms with Gasteiger partial charge in [-0.2, -0.15) is 12.6 Å². The molecule has 1 heteroatoms. The molecule has 0 amide bonds. The van der Waals surface area contributed by atoms with E-state index >= 15 is 0 Å². The first kappa shape index (κ1) is 17.4.